The molecule has 1 fully saturated rings. The topological polar surface area (TPSA) is 176 Å². The zero-order chi connectivity index (χ0) is 23.9. The van der Waals surface area contributed by atoms with Gasteiger partial charge in [-0.25, -0.2) is 4.79 Å². The summed E-state index contributed by atoms with van der Waals surface area (Å²) in [5, 5.41) is 49.4. The number of phenols is 2. The van der Waals surface area contributed by atoms with E-state index in [0.29, 0.717) is 5.56 Å². The molecule has 0 unspecified atom stereocenters. The van der Waals surface area contributed by atoms with E-state index in [-0.39, 0.29) is 28.2 Å². The van der Waals surface area contributed by atoms with Gasteiger partial charge in [-0.05, 0) is 24.3 Å². The predicted molar refractivity (Wildman–Crippen MR) is 111 cm³/mol. The number of carbonyl (C=O) groups excluding carboxylic acids is 1. The number of esters is 1. The molecule has 0 saturated carbocycles. The Morgan fingerprint density at radius 2 is 1.67 bits per heavy atom. The third-order valence-electron chi connectivity index (χ3n) is 5.19. The summed E-state index contributed by atoms with van der Waals surface area (Å²) in [6.07, 6.45) is -8.24. The van der Waals surface area contributed by atoms with E-state index < -0.39 is 47.9 Å². The van der Waals surface area contributed by atoms with Gasteiger partial charge in [-0.2, -0.15) is 0 Å². The van der Waals surface area contributed by atoms with Crippen molar-refractivity contribution >= 4 is 16.9 Å². The number of carbonyl (C=O) groups is 1. The Bertz CT molecular complexity index is 1230. The molecule has 5 N–H and O–H groups in total. The first-order valence-electron chi connectivity index (χ1n) is 9.74. The molecular weight excluding hydrogens is 440 g/mol. The highest BCUT2D eigenvalue weighted by atomic mass is 16.7. The third-order valence-corrected chi connectivity index (χ3v) is 5.19. The maximum Gasteiger partial charge on any atom is 0.343 e. The van der Waals surface area contributed by atoms with Crippen LogP contribution in [-0.2, 0) is 14.3 Å². The third kappa shape index (κ3) is 4.27. The van der Waals surface area contributed by atoms with Crippen LogP contribution in [0.2, 0.25) is 0 Å². The lowest BCUT2D eigenvalue weighted by Gasteiger charge is -2.38. The molecule has 11 heteroatoms. The summed E-state index contributed by atoms with van der Waals surface area (Å²) >= 11 is 0. The summed E-state index contributed by atoms with van der Waals surface area (Å²) < 4.78 is 20.9. The minimum atomic E-state index is -1.81. The molecule has 33 heavy (non-hydrogen) atoms. The number of benzene rings is 2. The highest BCUT2D eigenvalue weighted by Gasteiger charge is 2.48. The molecule has 1 saturated heterocycles. The van der Waals surface area contributed by atoms with Gasteiger partial charge in [0.15, 0.2) is 17.8 Å². The van der Waals surface area contributed by atoms with E-state index in [1.54, 1.807) is 0 Å². The van der Waals surface area contributed by atoms with Crippen LogP contribution < -0.4 is 10.2 Å². The van der Waals surface area contributed by atoms with Gasteiger partial charge in [-0.1, -0.05) is 0 Å². The molecule has 2 heterocycles. The Labute approximate surface area is 185 Å². The number of rotatable bonds is 4. The molecule has 1 aliphatic heterocycles. The van der Waals surface area contributed by atoms with E-state index in [4.69, 9.17) is 18.6 Å². The lowest BCUT2D eigenvalue weighted by Crippen LogP contribution is -2.60. The Kier molecular flexibility index (Phi) is 6.06. The fourth-order valence-electron chi connectivity index (χ4n) is 3.48. The van der Waals surface area contributed by atoms with Gasteiger partial charge in [0, 0.05) is 30.9 Å². The first-order chi connectivity index (χ1) is 15.7. The number of ether oxygens (including phenoxy) is 3. The van der Waals surface area contributed by atoms with Crippen molar-refractivity contribution in [1.29, 1.82) is 0 Å². The summed E-state index contributed by atoms with van der Waals surface area (Å²) in [5.41, 5.74) is -0.171. The highest BCUT2D eigenvalue weighted by Crippen LogP contribution is 2.32. The number of aliphatic hydroxyl groups excluding tert-OH is 3. The zero-order valence-electron chi connectivity index (χ0n) is 17.1. The Hall–Kier alpha value is -3.48. The van der Waals surface area contributed by atoms with Gasteiger partial charge in [0.05, 0.1) is 0 Å². The predicted octanol–water partition coefficient (Wildman–Crippen LogP) is 0.231. The number of aliphatic hydroxyl groups is 3. The second-order valence-corrected chi connectivity index (χ2v) is 7.39. The Morgan fingerprint density at radius 1 is 0.970 bits per heavy atom. The zero-order valence-corrected chi connectivity index (χ0v) is 17.1. The fraction of sp³-hybridized carbons (Fsp3) is 0.273. The Balaban J connectivity index is 1.66. The molecular formula is C22H20O11. The van der Waals surface area contributed by atoms with Crippen LogP contribution >= 0.6 is 0 Å². The summed E-state index contributed by atoms with van der Waals surface area (Å²) in [5.74, 6) is -1.74. The van der Waals surface area contributed by atoms with Crippen molar-refractivity contribution in [3.8, 4) is 28.6 Å². The van der Waals surface area contributed by atoms with E-state index >= 15 is 0 Å². The van der Waals surface area contributed by atoms with Crippen LogP contribution in [0.15, 0.2) is 51.7 Å². The van der Waals surface area contributed by atoms with E-state index in [9.17, 15) is 35.1 Å². The molecule has 0 bridgehead atoms. The van der Waals surface area contributed by atoms with Crippen molar-refractivity contribution in [2.75, 3.05) is 7.11 Å². The second-order valence-electron chi connectivity index (χ2n) is 7.39. The molecule has 5 atom stereocenters. The molecule has 4 rings (SSSR count). The van der Waals surface area contributed by atoms with E-state index in [1.807, 2.05) is 0 Å². The monoisotopic (exact) mass is 460 g/mol. The van der Waals surface area contributed by atoms with Crippen LogP contribution in [0.25, 0.3) is 22.3 Å². The first-order valence-corrected chi connectivity index (χ1v) is 9.74. The van der Waals surface area contributed by atoms with Gasteiger partial charge in [0.25, 0.3) is 0 Å². The van der Waals surface area contributed by atoms with Gasteiger partial charge < -0.3 is 44.2 Å². The average Bonchev–Trinajstić information content (AvgIpc) is 2.77. The number of fused-ring (bicyclic) bond motifs is 1. The smallest absolute Gasteiger partial charge is 0.343 e. The normalized spacial score (nSPS) is 25.2. The van der Waals surface area contributed by atoms with Crippen molar-refractivity contribution in [2.24, 2.45) is 0 Å². The quantitative estimate of drug-likeness (QED) is 0.266. The van der Waals surface area contributed by atoms with Crippen LogP contribution in [0.1, 0.15) is 0 Å². The fourth-order valence-corrected chi connectivity index (χ4v) is 3.48. The van der Waals surface area contributed by atoms with Crippen molar-refractivity contribution in [3.63, 3.8) is 0 Å². The van der Waals surface area contributed by atoms with E-state index in [1.165, 1.54) is 43.5 Å². The molecule has 0 radical (unpaired) electrons. The largest absolute Gasteiger partial charge is 0.508 e. The van der Waals surface area contributed by atoms with Gasteiger partial charge in [-0.3, -0.25) is 4.79 Å². The average molecular weight is 460 g/mol. The van der Waals surface area contributed by atoms with Crippen LogP contribution in [0.3, 0.4) is 0 Å². The van der Waals surface area contributed by atoms with Crippen molar-refractivity contribution in [3.05, 3.63) is 52.7 Å². The van der Waals surface area contributed by atoms with Crippen LogP contribution in [0, 0.1) is 0 Å². The number of aromatic hydroxyl groups is 2. The molecule has 1 aromatic heterocycles. The number of hydrogen-bond acceptors (Lipinski definition) is 11. The van der Waals surface area contributed by atoms with Gasteiger partial charge in [0.1, 0.15) is 52.3 Å². The van der Waals surface area contributed by atoms with Crippen molar-refractivity contribution in [2.45, 2.75) is 30.7 Å². The summed E-state index contributed by atoms with van der Waals surface area (Å²) in [4.78, 5) is 25.1. The molecule has 0 amide bonds. The maximum absolute atomic E-state index is 12.6. The van der Waals surface area contributed by atoms with Crippen LogP contribution in [0.5, 0.6) is 17.2 Å². The molecule has 0 spiro atoms. The summed E-state index contributed by atoms with van der Waals surface area (Å²) in [6.45, 7) is 0. The molecule has 11 nitrogen and oxygen atoms in total. The van der Waals surface area contributed by atoms with Gasteiger partial charge in [-0.15, -0.1) is 0 Å². The number of methoxy groups -OCH3 is 1. The van der Waals surface area contributed by atoms with E-state index in [0.717, 1.165) is 6.07 Å². The lowest BCUT2D eigenvalue weighted by molar-refractivity contribution is -0.286. The standard InChI is InChI=1S/C22H20O11/c1-30-22-19(28)17(26)18(27)20(33-22)21(29)31-11-6-12(24)16-13(25)8-14(32-15(16)7-11)9-2-4-10(23)5-3-9/h2-8,17-20,22-24,26-28H,1H3/t17-,18-,19+,20-,22+/m0/s1. The van der Waals surface area contributed by atoms with Crippen molar-refractivity contribution in [1.82, 2.24) is 0 Å². The summed E-state index contributed by atoms with van der Waals surface area (Å²) in [7, 11) is 1.18. The number of hydrogen-bond donors (Lipinski definition) is 5. The minimum absolute atomic E-state index is 0.0224. The molecule has 1 aliphatic rings. The Morgan fingerprint density at radius 3 is 2.33 bits per heavy atom. The summed E-state index contributed by atoms with van der Waals surface area (Å²) in [6, 6.07) is 9.22. The molecule has 2 aromatic carbocycles. The van der Waals surface area contributed by atoms with Gasteiger partial charge >= 0.3 is 5.97 Å². The highest BCUT2D eigenvalue weighted by molar-refractivity contribution is 5.87. The maximum atomic E-state index is 12.6. The number of phenolic OH excluding ortho intramolecular Hbond substituents is 2. The lowest BCUT2D eigenvalue weighted by atomic mass is 9.99. The minimum Gasteiger partial charge on any atom is -0.508 e. The van der Waals surface area contributed by atoms with Crippen molar-refractivity contribution < 1.29 is 49.0 Å². The molecule has 0 aliphatic carbocycles. The first kappa shape index (κ1) is 22.7. The SMILES string of the molecule is CO[C@@H]1O[C@H](C(=O)Oc2cc(O)c3c(=O)cc(-c4ccc(O)cc4)oc3c2)[C@@H](O)[C@H](O)[C@H]1O. The van der Waals surface area contributed by atoms with Crippen LogP contribution in [0.4, 0.5) is 0 Å². The van der Waals surface area contributed by atoms with Crippen LogP contribution in [-0.4, -0.2) is 69.3 Å². The molecule has 174 valence electrons. The second kappa shape index (κ2) is 8.81. The molecule has 3 aromatic rings. The van der Waals surface area contributed by atoms with Gasteiger partial charge in [0.2, 0.25) is 0 Å². The van der Waals surface area contributed by atoms with E-state index in [2.05, 4.69) is 0 Å².